The molecule has 3 aromatic rings. The molecule has 26 heavy (non-hydrogen) atoms. The molecule has 0 N–H and O–H groups in total. The van der Waals surface area contributed by atoms with Crippen LogP contribution in [0.1, 0.15) is 40.6 Å². The highest BCUT2D eigenvalue weighted by atomic mass is 16.2. The molecule has 3 aromatic heterocycles. The Morgan fingerprint density at radius 1 is 1.31 bits per heavy atom. The van der Waals surface area contributed by atoms with Gasteiger partial charge in [-0.25, -0.2) is 9.97 Å². The van der Waals surface area contributed by atoms with Gasteiger partial charge in [0.05, 0.1) is 11.8 Å². The summed E-state index contributed by atoms with van der Waals surface area (Å²) in [5.41, 5.74) is 1.67. The molecule has 1 aliphatic rings. The van der Waals surface area contributed by atoms with Crippen LogP contribution in [0.3, 0.4) is 0 Å². The second kappa shape index (κ2) is 6.74. The van der Waals surface area contributed by atoms with Crippen molar-refractivity contribution in [1.82, 2.24) is 29.2 Å². The van der Waals surface area contributed by atoms with Gasteiger partial charge < -0.3 is 4.90 Å². The fraction of sp³-hybridized carbons (Fsp3) is 0.368. The number of hydrogen-bond donors (Lipinski definition) is 0. The van der Waals surface area contributed by atoms with E-state index < -0.39 is 0 Å². The fourth-order valence-electron chi connectivity index (χ4n) is 3.54. The predicted molar refractivity (Wildman–Crippen MR) is 97.2 cm³/mol. The van der Waals surface area contributed by atoms with Gasteiger partial charge in [0.1, 0.15) is 11.6 Å². The second-order valence-corrected chi connectivity index (χ2v) is 6.76. The zero-order chi connectivity index (χ0) is 18.1. The summed E-state index contributed by atoms with van der Waals surface area (Å²) < 4.78 is 3.64. The first-order chi connectivity index (χ1) is 12.6. The van der Waals surface area contributed by atoms with Gasteiger partial charge in [-0.3, -0.25) is 14.0 Å². The van der Waals surface area contributed by atoms with Crippen LogP contribution in [-0.2, 0) is 7.05 Å². The van der Waals surface area contributed by atoms with Gasteiger partial charge in [0.15, 0.2) is 0 Å². The van der Waals surface area contributed by atoms with Gasteiger partial charge in [-0.15, -0.1) is 0 Å². The Morgan fingerprint density at radius 3 is 2.92 bits per heavy atom. The van der Waals surface area contributed by atoms with E-state index in [1.807, 2.05) is 41.8 Å². The first-order valence-electron chi connectivity index (χ1n) is 8.87. The van der Waals surface area contributed by atoms with E-state index in [9.17, 15) is 4.79 Å². The third-order valence-electron chi connectivity index (χ3n) is 4.91. The monoisotopic (exact) mass is 350 g/mol. The van der Waals surface area contributed by atoms with Crippen molar-refractivity contribution in [3.8, 4) is 5.82 Å². The Bertz CT molecular complexity index is 928. The quantitative estimate of drug-likeness (QED) is 0.727. The van der Waals surface area contributed by atoms with Crippen LogP contribution < -0.4 is 0 Å². The molecule has 0 aromatic carbocycles. The normalized spacial score (nSPS) is 17.5. The van der Waals surface area contributed by atoms with E-state index >= 15 is 0 Å². The molecule has 0 aliphatic carbocycles. The summed E-state index contributed by atoms with van der Waals surface area (Å²) in [6.07, 6.45) is 9.11. The van der Waals surface area contributed by atoms with E-state index in [-0.39, 0.29) is 11.8 Å². The molecular weight excluding hydrogens is 328 g/mol. The molecule has 0 saturated carbocycles. The van der Waals surface area contributed by atoms with Crippen LogP contribution >= 0.6 is 0 Å². The minimum absolute atomic E-state index is 0.0457. The standard InChI is InChI=1S/C19H22N6O/c1-14-20-8-10-25(14)18-7-3-6-17(22-18)15-5-4-9-24(13-15)19(26)16-11-21-23(2)12-16/h3,6-8,10-12,15H,4-5,9,13H2,1-2H3. The molecule has 1 amide bonds. The van der Waals surface area contributed by atoms with Crippen molar-refractivity contribution in [3.05, 3.63) is 60.1 Å². The van der Waals surface area contributed by atoms with Crippen LogP contribution in [0.2, 0.25) is 0 Å². The zero-order valence-electron chi connectivity index (χ0n) is 15.0. The summed E-state index contributed by atoms with van der Waals surface area (Å²) in [5, 5.41) is 4.11. The number of aryl methyl sites for hydroxylation is 2. The number of aromatic nitrogens is 5. The summed E-state index contributed by atoms with van der Waals surface area (Å²) in [5.74, 6) is 2.07. The summed E-state index contributed by atoms with van der Waals surface area (Å²) >= 11 is 0. The average Bonchev–Trinajstić information content (AvgIpc) is 3.29. The Hall–Kier alpha value is -2.96. The third-order valence-corrected chi connectivity index (χ3v) is 4.91. The van der Waals surface area contributed by atoms with Crippen LogP contribution in [0.15, 0.2) is 43.0 Å². The van der Waals surface area contributed by atoms with Crippen molar-refractivity contribution >= 4 is 5.91 Å². The lowest BCUT2D eigenvalue weighted by molar-refractivity contribution is 0.0706. The van der Waals surface area contributed by atoms with Crippen LogP contribution in [0.25, 0.3) is 5.82 Å². The van der Waals surface area contributed by atoms with E-state index in [1.165, 1.54) is 0 Å². The van der Waals surface area contributed by atoms with Crippen LogP contribution in [0, 0.1) is 6.92 Å². The first kappa shape index (κ1) is 16.5. The smallest absolute Gasteiger partial charge is 0.257 e. The molecule has 7 nitrogen and oxygen atoms in total. The SMILES string of the molecule is Cc1nccn1-c1cccc(C2CCCN(C(=O)c3cnn(C)c3)C2)n1. The molecule has 1 saturated heterocycles. The molecule has 1 fully saturated rings. The Morgan fingerprint density at radius 2 is 2.19 bits per heavy atom. The number of nitrogens with zero attached hydrogens (tertiary/aromatic N) is 6. The van der Waals surface area contributed by atoms with Gasteiger partial charge >= 0.3 is 0 Å². The number of rotatable bonds is 3. The molecule has 4 rings (SSSR count). The van der Waals surface area contributed by atoms with Crippen molar-refractivity contribution in [2.75, 3.05) is 13.1 Å². The molecular formula is C19H22N6O. The van der Waals surface area contributed by atoms with Crippen molar-refractivity contribution in [2.45, 2.75) is 25.7 Å². The number of hydrogen-bond acceptors (Lipinski definition) is 4. The third kappa shape index (κ3) is 3.12. The van der Waals surface area contributed by atoms with Gasteiger partial charge in [-0.1, -0.05) is 6.07 Å². The number of carbonyl (C=O) groups is 1. The molecule has 1 aliphatic heterocycles. The molecule has 1 atom stereocenters. The van der Waals surface area contributed by atoms with E-state index in [0.29, 0.717) is 12.1 Å². The number of piperidine rings is 1. The summed E-state index contributed by atoms with van der Waals surface area (Å²) in [7, 11) is 1.82. The van der Waals surface area contributed by atoms with E-state index in [0.717, 1.165) is 36.7 Å². The second-order valence-electron chi connectivity index (χ2n) is 6.76. The maximum atomic E-state index is 12.7. The Kier molecular flexibility index (Phi) is 4.28. The lowest BCUT2D eigenvalue weighted by Gasteiger charge is -2.32. The fourth-order valence-corrected chi connectivity index (χ4v) is 3.54. The molecule has 0 radical (unpaired) electrons. The highest BCUT2D eigenvalue weighted by Crippen LogP contribution is 2.27. The Balaban J connectivity index is 1.55. The Labute approximate surface area is 152 Å². The van der Waals surface area contributed by atoms with E-state index in [1.54, 1.807) is 23.3 Å². The minimum atomic E-state index is 0.0457. The van der Waals surface area contributed by atoms with Crippen LogP contribution in [-0.4, -0.2) is 48.2 Å². The van der Waals surface area contributed by atoms with Crippen molar-refractivity contribution < 1.29 is 4.79 Å². The molecule has 1 unspecified atom stereocenters. The highest BCUT2D eigenvalue weighted by molar-refractivity contribution is 5.93. The highest BCUT2D eigenvalue weighted by Gasteiger charge is 2.27. The molecule has 134 valence electrons. The van der Waals surface area contributed by atoms with Crippen molar-refractivity contribution in [3.63, 3.8) is 0 Å². The lowest BCUT2D eigenvalue weighted by Crippen LogP contribution is -2.39. The minimum Gasteiger partial charge on any atom is -0.338 e. The first-order valence-corrected chi connectivity index (χ1v) is 8.87. The maximum absolute atomic E-state index is 12.7. The number of imidazole rings is 1. The summed E-state index contributed by atoms with van der Waals surface area (Å²) in [4.78, 5) is 23.8. The van der Waals surface area contributed by atoms with Gasteiger partial charge in [0.25, 0.3) is 5.91 Å². The largest absolute Gasteiger partial charge is 0.338 e. The van der Waals surface area contributed by atoms with Gasteiger partial charge in [0.2, 0.25) is 0 Å². The molecule has 0 spiro atoms. The van der Waals surface area contributed by atoms with Crippen molar-refractivity contribution in [1.29, 1.82) is 0 Å². The van der Waals surface area contributed by atoms with Gasteiger partial charge in [-0.2, -0.15) is 5.10 Å². The topological polar surface area (TPSA) is 68.8 Å². The average molecular weight is 350 g/mol. The van der Waals surface area contributed by atoms with Crippen LogP contribution in [0.4, 0.5) is 0 Å². The van der Waals surface area contributed by atoms with Crippen LogP contribution in [0.5, 0.6) is 0 Å². The number of carbonyl (C=O) groups excluding carboxylic acids is 1. The lowest BCUT2D eigenvalue weighted by atomic mass is 9.94. The number of amides is 1. The molecule has 7 heteroatoms. The molecule has 0 bridgehead atoms. The predicted octanol–water partition coefficient (Wildman–Crippen LogP) is 2.33. The number of pyridine rings is 1. The summed E-state index contributed by atoms with van der Waals surface area (Å²) in [6, 6.07) is 6.07. The van der Waals surface area contributed by atoms with Gasteiger partial charge in [-0.05, 0) is 31.9 Å². The summed E-state index contributed by atoms with van der Waals surface area (Å²) in [6.45, 7) is 3.43. The number of likely N-dealkylation sites (tertiary alicyclic amines) is 1. The van der Waals surface area contributed by atoms with Crippen molar-refractivity contribution in [2.24, 2.45) is 7.05 Å². The maximum Gasteiger partial charge on any atom is 0.257 e. The molecule has 4 heterocycles. The zero-order valence-corrected chi connectivity index (χ0v) is 15.0. The van der Waals surface area contributed by atoms with E-state index in [4.69, 9.17) is 4.98 Å². The van der Waals surface area contributed by atoms with Gasteiger partial charge in [0, 0.05) is 50.3 Å². The van der Waals surface area contributed by atoms with E-state index in [2.05, 4.69) is 16.1 Å².